The lowest BCUT2D eigenvalue weighted by molar-refractivity contribution is 0.223. The van der Waals surface area contributed by atoms with Gasteiger partial charge < -0.3 is 4.98 Å². The lowest BCUT2D eigenvalue weighted by atomic mass is 9.74. The number of nitrogens with one attached hydrogen (secondary N) is 1. The topological polar surface area (TPSA) is 46.5 Å². The average molecular weight is 310 g/mol. The number of hydrogen-bond acceptors (Lipinski definition) is 2. The molecule has 3 rings (SSSR count). The molecule has 1 unspecified atom stereocenters. The molecule has 3 aromatic rings. The van der Waals surface area contributed by atoms with Crippen LogP contribution >= 0.6 is 0 Å². The zero-order valence-corrected chi connectivity index (χ0v) is 14.7. The standard InChI is InChI=1S/C19H26N4/c1-6-13(2)19(3,4)8-14-7-16-17(11-21-18(16)20-9-14)15-10-22-23(5)12-15/h7,9-13H,6,8H2,1-5H3,(H,20,21). The zero-order valence-electron chi connectivity index (χ0n) is 14.7. The van der Waals surface area contributed by atoms with Gasteiger partial charge in [-0.25, -0.2) is 4.98 Å². The van der Waals surface area contributed by atoms with Crippen molar-refractivity contribution in [3.63, 3.8) is 0 Å². The molecule has 0 saturated heterocycles. The molecular formula is C19H26N4. The van der Waals surface area contributed by atoms with Crippen LogP contribution in [0.15, 0.2) is 30.9 Å². The van der Waals surface area contributed by atoms with Gasteiger partial charge in [0.1, 0.15) is 5.65 Å². The van der Waals surface area contributed by atoms with E-state index in [1.54, 1.807) is 0 Å². The van der Waals surface area contributed by atoms with E-state index in [-0.39, 0.29) is 5.41 Å². The first-order valence-electron chi connectivity index (χ1n) is 8.35. The Morgan fingerprint density at radius 2 is 2.09 bits per heavy atom. The van der Waals surface area contributed by atoms with Crippen LogP contribution < -0.4 is 0 Å². The molecule has 4 heteroatoms. The number of pyridine rings is 1. The third-order valence-electron chi connectivity index (χ3n) is 5.21. The Balaban J connectivity index is 1.98. The second kappa shape index (κ2) is 5.84. The molecule has 0 amide bonds. The fourth-order valence-electron chi connectivity index (χ4n) is 3.20. The quantitative estimate of drug-likeness (QED) is 0.750. The first-order chi connectivity index (χ1) is 10.9. The Morgan fingerprint density at radius 1 is 1.30 bits per heavy atom. The van der Waals surface area contributed by atoms with E-state index in [4.69, 9.17) is 0 Å². The Hall–Kier alpha value is -2.10. The molecule has 0 aliphatic rings. The summed E-state index contributed by atoms with van der Waals surface area (Å²) in [6.45, 7) is 9.30. The summed E-state index contributed by atoms with van der Waals surface area (Å²) < 4.78 is 1.83. The highest BCUT2D eigenvalue weighted by molar-refractivity contribution is 5.93. The van der Waals surface area contributed by atoms with Gasteiger partial charge >= 0.3 is 0 Å². The van der Waals surface area contributed by atoms with E-state index < -0.39 is 0 Å². The number of nitrogens with zero attached hydrogens (tertiary/aromatic N) is 3. The minimum absolute atomic E-state index is 0.273. The summed E-state index contributed by atoms with van der Waals surface area (Å²) >= 11 is 0. The maximum Gasteiger partial charge on any atom is 0.137 e. The van der Waals surface area contributed by atoms with Gasteiger partial charge in [0, 0.05) is 42.2 Å². The number of rotatable bonds is 5. The molecule has 4 nitrogen and oxygen atoms in total. The van der Waals surface area contributed by atoms with Crippen LogP contribution in [0.4, 0.5) is 0 Å². The molecule has 1 atom stereocenters. The summed E-state index contributed by atoms with van der Waals surface area (Å²) in [5.74, 6) is 0.683. The zero-order chi connectivity index (χ0) is 16.6. The van der Waals surface area contributed by atoms with E-state index in [1.165, 1.54) is 22.9 Å². The van der Waals surface area contributed by atoms with E-state index in [9.17, 15) is 0 Å². The number of H-pyrrole nitrogens is 1. The van der Waals surface area contributed by atoms with Gasteiger partial charge in [0.15, 0.2) is 0 Å². The van der Waals surface area contributed by atoms with Gasteiger partial charge in [-0.3, -0.25) is 4.68 Å². The summed E-state index contributed by atoms with van der Waals surface area (Å²) in [5, 5.41) is 5.45. The molecule has 0 spiro atoms. The highest BCUT2D eigenvalue weighted by Crippen LogP contribution is 2.34. The number of aromatic amines is 1. The second-order valence-corrected chi connectivity index (χ2v) is 7.32. The van der Waals surface area contributed by atoms with Crippen LogP contribution in [0.1, 0.15) is 39.7 Å². The van der Waals surface area contributed by atoms with Crippen LogP contribution in [0.5, 0.6) is 0 Å². The van der Waals surface area contributed by atoms with E-state index in [0.717, 1.165) is 17.6 Å². The highest BCUT2D eigenvalue weighted by Gasteiger charge is 2.25. The van der Waals surface area contributed by atoms with E-state index in [1.807, 2.05) is 36.5 Å². The Labute approximate surface area is 137 Å². The maximum absolute atomic E-state index is 4.62. The normalized spacial score (nSPS) is 13.6. The van der Waals surface area contributed by atoms with Gasteiger partial charge in [-0.15, -0.1) is 0 Å². The molecular weight excluding hydrogens is 284 g/mol. The van der Waals surface area contributed by atoms with Crippen molar-refractivity contribution in [3.05, 3.63) is 36.4 Å². The molecule has 0 radical (unpaired) electrons. The fraction of sp³-hybridized carbons (Fsp3) is 0.474. The summed E-state index contributed by atoms with van der Waals surface area (Å²) in [6.07, 6.45) is 10.2. The predicted molar refractivity (Wildman–Crippen MR) is 95.2 cm³/mol. The van der Waals surface area contributed by atoms with Crippen LogP contribution in [0, 0.1) is 11.3 Å². The van der Waals surface area contributed by atoms with Crippen LogP contribution in [-0.4, -0.2) is 19.7 Å². The van der Waals surface area contributed by atoms with Crippen molar-refractivity contribution in [1.82, 2.24) is 19.7 Å². The van der Waals surface area contributed by atoms with Crippen molar-refractivity contribution >= 4 is 11.0 Å². The van der Waals surface area contributed by atoms with Crippen LogP contribution in [0.3, 0.4) is 0 Å². The second-order valence-electron chi connectivity index (χ2n) is 7.32. The van der Waals surface area contributed by atoms with E-state index in [0.29, 0.717) is 5.92 Å². The van der Waals surface area contributed by atoms with E-state index in [2.05, 4.69) is 48.8 Å². The fourth-order valence-corrected chi connectivity index (χ4v) is 3.20. The van der Waals surface area contributed by atoms with Gasteiger partial charge in [0.2, 0.25) is 0 Å². The lowest BCUT2D eigenvalue weighted by Gasteiger charge is -2.31. The smallest absolute Gasteiger partial charge is 0.137 e. The molecule has 3 heterocycles. The molecule has 0 aromatic carbocycles. The summed E-state index contributed by atoms with van der Waals surface area (Å²) in [6, 6.07) is 2.28. The van der Waals surface area contributed by atoms with Crippen molar-refractivity contribution in [3.8, 4) is 11.1 Å². The monoisotopic (exact) mass is 310 g/mol. The number of aryl methyl sites for hydroxylation is 1. The van der Waals surface area contributed by atoms with Gasteiger partial charge in [-0.05, 0) is 29.4 Å². The van der Waals surface area contributed by atoms with Crippen molar-refractivity contribution in [2.24, 2.45) is 18.4 Å². The van der Waals surface area contributed by atoms with Gasteiger partial charge in [-0.2, -0.15) is 5.10 Å². The van der Waals surface area contributed by atoms with Gasteiger partial charge in [0.05, 0.1) is 6.20 Å². The third kappa shape index (κ3) is 3.03. The van der Waals surface area contributed by atoms with Crippen LogP contribution in [0.25, 0.3) is 22.2 Å². The minimum Gasteiger partial charge on any atom is -0.346 e. The van der Waals surface area contributed by atoms with Crippen molar-refractivity contribution in [1.29, 1.82) is 0 Å². The highest BCUT2D eigenvalue weighted by atomic mass is 15.2. The van der Waals surface area contributed by atoms with Crippen molar-refractivity contribution in [2.45, 2.75) is 40.5 Å². The summed E-state index contributed by atoms with van der Waals surface area (Å²) in [7, 11) is 1.94. The van der Waals surface area contributed by atoms with Crippen LogP contribution in [-0.2, 0) is 13.5 Å². The average Bonchev–Trinajstić information content (AvgIpc) is 3.11. The lowest BCUT2D eigenvalue weighted by Crippen LogP contribution is -2.23. The molecule has 0 saturated carbocycles. The van der Waals surface area contributed by atoms with Gasteiger partial charge in [-0.1, -0.05) is 34.1 Å². The Bertz CT molecular complexity index is 810. The molecule has 0 fully saturated rings. The number of fused-ring (bicyclic) bond motifs is 1. The van der Waals surface area contributed by atoms with Crippen molar-refractivity contribution < 1.29 is 0 Å². The number of aromatic nitrogens is 4. The third-order valence-corrected chi connectivity index (χ3v) is 5.21. The molecule has 122 valence electrons. The predicted octanol–water partition coefficient (Wildman–Crippen LogP) is 4.58. The minimum atomic E-state index is 0.273. The SMILES string of the molecule is CCC(C)C(C)(C)Cc1cnc2[nH]cc(-c3cnn(C)c3)c2c1. The maximum atomic E-state index is 4.62. The van der Waals surface area contributed by atoms with Gasteiger partial charge in [0.25, 0.3) is 0 Å². The summed E-state index contributed by atoms with van der Waals surface area (Å²) in [4.78, 5) is 7.89. The first kappa shape index (κ1) is 15.8. The molecule has 3 aromatic heterocycles. The molecule has 1 N–H and O–H groups in total. The number of hydrogen-bond donors (Lipinski definition) is 1. The molecule has 0 aliphatic heterocycles. The van der Waals surface area contributed by atoms with Crippen molar-refractivity contribution in [2.75, 3.05) is 0 Å². The van der Waals surface area contributed by atoms with E-state index >= 15 is 0 Å². The largest absolute Gasteiger partial charge is 0.346 e. The molecule has 0 aliphatic carbocycles. The first-order valence-corrected chi connectivity index (χ1v) is 8.35. The van der Waals surface area contributed by atoms with Crippen LogP contribution in [0.2, 0.25) is 0 Å². The molecule has 23 heavy (non-hydrogen) atoms. The Morgan fingerprint density at radius 3 is 2.74 bits per heavy atom. The molecule has 0 bridgehead atoms. The summed E-state index contributed by atoms with van der Waals surface area (Å²) in [5.41, 5.74) is 4.80. The Kier molecular flexibility index (Phi) is 4.00.